The van der Waals surface area contributed by atoms with E-state index in [1.807, 2.05) is 0 Å². The van der Waals surface area contributed by atoms with Gasteiger partial charge in [0.25, 0.3) is 0 Å². The van der Waals surface area contributed by atoms with Gasteiger partial charge in [-0.3, -0.25) is 0 Å². The Balaban J connectivity index is 1.95. The molecule has 4 rings (SSSR count). The SMILES string of the molecule is N#C[Se]Cc1ccc(C(c2ccc(I)cc2)(c2ccc(C[Se]C#N)cc2)c2ccc(C[Se]C#N)cc2)cc1. The standard InChI is InChI=1S/C31H22IN3Se3/c32-30-15-13-29(14-16-30)31(26-7-1-23(2-8-26)17-36-20-33,27-9-3-24(4-10-27)18-37-21-34)28-11-5-25(6-12-28)19-38-22-35/h1-16H,17-19H2. The predicted molar refractivity (Wildman–Crippen MR) is 163 cm³/mol. The Labute approximate surface area is 256 Å². The maximum absolute atomic E-state index is 9.08. The van der Waals surface area contributed by atoms with Gasteiger partial charge in [-0.25, -0.2) is 0 Å². The van der Waals surface area contributed by atoms with Gasteiger partial charge in [0.1, 0.15) is 0 Å². The molecular weight excluding hydrogens is 778 g/mol. The van der Waals surface area contributed by atoms with Gasteiger partial charge in [0, 0.05) is 0 Å². The summed E-state index contributed by atoms with van der Waals surface area (Å²) in [6.45, 7) is 0. The number of nitrogens with zero attached hydrogens (tertiary/aromatic N) is 3. The first-order valence-electron chi connectivity index (χ1n) is 11.7. The van der Waals surface area contributed by atoms with Gasteiger partial charge in [-0.2, -0.15) is 0 Å². The van der Waals surface area contributed by atoms with Crippen LogP contribution >= 0.6 is 22.6 Å². The van der Waals surface area contributed by atoms with Crippen LogP contribution in [0.15, 0.2) is 97.1 Å². The minimum atomic E-state index is -0.555. The average molecular weight is 800 g/mol. The molecule has 0 aromatic heterocycles. The van der Waals surface area contributed by atoms with E-state index in [2.05, 4.69) is 135 Å². The first-order chi connectivity index (χ1) is 18.6. The van der Waals surface area contributed by atoms with Crippen LogP contribution in [0.3, 0.4) is 0 Å². The molecule has 0 unspecified atom stereocenters. The molecule has 0 saturated heterocycles. The van der Waals surface area contributed by atoms with Gasteiger partial charge in [-0.1, -0.05) is 0 Å². The van der Waals surface area contributed by atoms with Crippen LogP contribution in [-0.2, 0) is 21.4 Å². The summed E-state index contributed by atoms with van der Waals surface area (Å²) in [5.41, 5.74) is 7.63. The molecule has 0 amide bonds. The van der Waals surface area contributed by atoms with E-state index >= 15 is 0 Å². The second-order valence-electron chi connectivity index (χ2n) is 8.49. The minimum absolute atomic E-state index is 0.0593. The van der Waals surface area contributed by atoms with Crippen LogP contribution in [0.1, 0.15) is 38.9 Å². The van der Waals surface area contributed by atoms with Crippen LogP contribution in [0, 0.1) is 34.3 Å². The fourth-order valence-electron chi connectivity index (χ4n) is 4.60. The summed E-state index contributed by atoms with van der Waals surface area (Å²) in [5, 5.41) is 29.6. The number of benzene rings is 4. The van der Waals surface area contributed by atoms with E-state index in [1.54, 1.807) is 0 Å². The van der Waals surface area contributed by atoms with Gasteiger partial charge >= 0.3 is 259 Å². The quantitative estimate of drug-likeness (QED) is 0.117. The van der Waals surface area contributed by atoms with Crippen molar-refractivity contribution in [1.82, 2.24) is 0 Å². The molecule has 7 heteroatoms. The van der Waals surface area contributed by atoms with Crippen molar-refractivity contribution in [2.75, 3.05) is 0 Å². The third-order valence-electron chi connectivity index (χ3n) is 6.35. The van der Waals surface area contributed by atoms with Crippen molar-refractivity contribution in [3.63, 3.8) is 0 Å². The molecule has 0 radical (unpaired) electrons. The van der Waals surface area contributed by atoms with E-state index in [-0.39, 0.29) is 44.9 Å². The summed E-state index contributed by atoms with van der Waals surface area (Å²) in [5.74, 6) is 0. The molecule has 4 aromatic rings. The van der Waals surface area contributed by atoms with Gasteiger partial charge in [-0.15, -0.1) is 0 Å². The van der Waals surface area contributed by atoms with Crippen molar-refractivity contribution in [3.8, 4) is 14.9 Å². The Hall–Kier alpha value is -2.36. The fraction of sp³-hybridized carbons (Fsp3) is 0.129. The summed E-state index contributed by atoms with van der Waals surface area (Å²) in [4.78, 5) is 6.92. The Morgan fingerprint density at radius 3 is 1.00 bits per heavy atom. The van der Waals surface area contributed by atoms with E-state index in [4.69, 9.17) is 15.8 Å². The van der Waals surface area contributed by atoms with Crippen molar-refractivity contribution in [3.05, 3.63) is 140 Å². The van der Waals surface area contributed by atoms with Gasteiger partial charge in [0.05, 0.1) is 0 Å². The molecule has 0 fully saturated rings. The summed E-state index contributed by atoms with van der Waals surface area (Å²) in [6, 6.07) is 34.9. The van der Waals surface area contributed by atoms with Crippen LogP contribution in [0.2, 0.25) is 0 Å². The van der Waals surface area contributed by atoms with Crippen LogP contribution in [0.4, 0.5) is 0 Å². The number of nitriles is 3. The number of halogens is 1. The molecule has 4 aromatic carbocycles. The molecule has 0 aliphatic heterocycles. The normalized spacial score (nSPS) is 10.8. The molecule has 0 bridgehead atoms. The van der Waals surface area contributed by atoms with Crippen LogP contribution in [0.5, 0.6) is 0 Å². The predicted octanol–water partition coefficient (Wildman–Crippen LogP) is 5.73. The first-order valence-corrected chi connectivity index (χ1v) is 19.0. The van der Waals surface area contributed by atoms with Crippen molar-refractivity contribution >= 4 is 67.5 Å². The number of hydrogen-bond acceptors (Lipinski definition) is 3. The molecule has 186 valence electrons. The summed E-state index contributed by atoms with van der Waals surface area (Å²) >= 11 is 2.17. The third kappa shape index (κ3) is 6.61. The average Bonchev–Trinajstić information content (AvgIpc) is 2.97. The Bertz CT molecular complexity index is 1330. The number of hydrogen-bond donors (Lipinski definition) is 0. The molecular formula is C31H22IN3Se3. The molecule has 3 nitrogen and oxygen atoms in total. The van der Waals surface area contributed by atoms with Gasteiger partial charge in [0.15, 0.2) is 0 Å². The molecule has 0 heterocycles. The Morgan fingerprint density at radius 1 is 0.474 bits per heavy atom. The van der Waals surface area contributed by atoms with E-state index < -0.39 is 5.41 Å². The van der Waals surface area contributed by atoms with E-state index in [9.17, 15) is 0 Å². The van der Waals surface area contributed by atoms with Crippen molar-refractivity contribution < 1.29 is 0 Å². The fourth-order valence-corrected chi connectivity index (χ4v) is 7.63. The molecule has 38 heavy (non-hydrogen) atoms. The topological polar surface area (TPSA) is 71.4 Å². The zero-order valence-corrected chi connectivity index (χ0v) is 27.6. The molecule has 0 aliphatic rings. The van der Waals surface area contributed by atoms with E-state index in [0.717, 1.165) is 32.6 Å². The zero-order chi connectivity index (χ0) is 26.8. The van der Waals surface area contributed by atoms with Crippen LogP contribution in [-0.4, -0.2) is 44.9 Å². The van der Waals surface area contributed by atoms with E-state index in [1.165, 1.54) is 25.8 Å². The summed E-state index contributed by atoms with van der Waals surface area (Å²) in [6.07, 6.45) is 0. The van der Waals surface area contributed by atoms with Crippen molar-refractivity contribution in [2.45, 2.75) is 21.4 Å². The monoisotopic (exact) mass is 803 g/mol. The second kappa shape index (κ2) is 14.1. The molecule has 0 spiro atoms. The van der Waals surface area contributed by atoms with Gasteiger partial charge in [-0.05, 0) is 0 Å². The second-order valence-corrected chi connectivity index (χ2v) is 14.5. The third-order valence-corrected chi connectivity index (χ3v) is 10.9. The zero-order valence-electron chi connectivity index (χ0n) is 20.3. The molecule has 0 N–H and O–H groups in total. The Morgan fingerprint density at radius 2 is 0.737 bits per heavy atom. The van der Waals surface area contributed by atoms with Crippen LogP contribution in [0.25, 0.3) is 0 Å². The summed E-state index contributed by atoms with van der Waals surface area (Å²) in [7, 11) is 0. The van der Waals surface area contributed by atoms with Gasteiger partial charge < -0.3 is 0 Å². The van der Waals surface area contributed by atoms with Crippen LogP contribution < -0.4 is 0 Å². The van der Waals surface area contributed by atoms with Gasteiger partial charge in [0.2, 0.25) is 0 Å². The van der Waals surface area contributed by atoms with Crippen molar-refractivity contribution in [2.24, 2.45) is 0 Å². The molecule has 0 atom stereocenters. The van der Waals surface area contributed by atoms with Crippen molar-refractivity contribution in [1.29, 1.82) is 15.8 Å². The number of rotatable bonds is 10. The van der Waals surface area contributed by atoms with E-state index in [0.29, 0.717) is 0 Å². The summed E-state index contributed by atoms with van der Waals surface area (Å²) < 4.78 is 1.18. The maximum atomic E-state index is 9.08. The molecule has 0 saturated carbocycles. The first kappa shape index (κ1) is 28.6. The molecule has 0 aliphatic carbocycles. The Kier molecular flexibility index (Phi) is 10.7.